The van der Waals surface area contributed by atoms with Crippen LogP contribution in [0.25, 0.3) is 0 Å². The van der Waals surface area contributed by atoms with Crippen molar-refractivity contribution in [1.82, 2.24) is 0 Å². The summed E-state index contributed by atoms with van der Waals surface area (Å²) in [5, 5.41) is 2.32. The van der Waals surface area contributed by atoms with E-state index in [1.165, 1.54) is 24.4 Å². The van der Waals surface area contributed by atoms with Crippen LogP contribution in [0.3, 0.4) is 0 Å². The topological polar surface area (TPSA) is 61.8 Å². The predicted octanol–water partition coefficient (Wildman–Crippen LogP) is 6.12. The number of Topliss-reactive ketones (excluding diaryl/α,β-unsaturated/α-hetero) is 1. The highest BCUT2D eigenvalue weighted by Crippen LogP contribution is 2.39. The minimum Gasteiger partial charge on any atom is -0.468 e. The molecule has 0 amide bonds. The van der Waals surface area contributed by atoms with Gasteiger partial charge in [-0.15, -0.1) is 0 Å². The number of esters is 1. The Labute approximate surface area is 244 Å². The predicted molar refractivity (Wildman–Crippen MR) is 169 cm³/mol. The highest BCUT2D eigenvalue weighted by Gasteiger charge is 2.50. The molecule has 7 heteroatoms. The van der Waals surface area contributed by atoms with Crippen LogP contribution >= 0.6 is 0 Å². The van der Waals surface area contributed by atoms with E-state index < -0.39 is 28.5 Å². The number of benzene rings is 2. The molecule has 2 atom stereocenters. The lowest BCUT2D eigenvalue weighted by Crippen LogP contribution is -2.66. The van der Waals surface area contributed by atoms with Crippen molar-refractivity contribution >= 4 is 38.8 Å². The van der Waals surface area contributed by atoms with Crippen molar-refractivity contribution in [2.75, 3.05) is 13.7 Å². The van der Waals surface area contributed by atoms with E-state index in [-0.39, 0.29) is 28.4 Å². The van der Waals surface area contributed by atoms with Gasteiger partial charge in [0.25, 0.3) is 8.32 Å². The first-order valence-corrected chi connectivity index (χ1v) is 18.9. The lowest BCUT2D eigenvalue weighted by Gasteiger charge is -2.43. The SMILES string of the molecule is COC(=O)C(CC#CC(CCO[Si](c1ccccc1)(c1ccccc1)C(C)(C)C)O[Si](C)(C)C(C)(C)C)C(C)=O. The molecular weight excluding hydrogens is 533 g/mol. The molecule has 0 saturated heterocycles. The van der Waals surface area contributed by atoms with Gasteiger partial charge in [0.15, 0.2) is 8.32 Å². The molecule has 0 saturated carbocycles. The Morgan fingerprint density at radius 2 is 1.35 bits per heavy atom. The molecule has 0 N–H and O–H groups in total. The standard InChI is InChI=1S/C33H48O5Si2/c1-26(34)30(31(35)36-8)23-17-18-27(38-39(9,10)32(2,3)4)24-25-37-40(33(5,6)7,28-19-13-11-14-20-28)29-21-15-12-16-22-29/h11-16,19-22,27,30H,23-25H2,1-10H3. The Morgan fingerprint density at radius 1 is 0.850 bits per heavy atom. The Bertz CT molecular complexity index is 1130. The van der Waals surface area contributed by atoms with Gasteiger partial charge in [0, 0.05) is 19.4 Å². The normalized spacial score (nSPS) is 14.1. The lowest BCUT2D eigenvalue weighted by atomic mass is 10.0. The van der Waals surface area contributed by atoms with E-state index in [1.807, 2.05) is 12.1 Å². The fourth-order valence-corrected chi connectivity index (χ4v) is 10.4. The van der Waals surface area contributed by atoms with Crippen molar-refractivity contribution in [3.8, 4) is 11.8 Å². The number of ketones is 1. The van der Waals surface area contributed by atoms with E-state index in [1.54, 1.807) is 0 Å². The smallest absolute Gasteiger partial charge is 0.317 e. The van der Waals surface area contributed by atoms with Crippen LogP contribution in [0.2, 0.25) is 23.2 Å². The second-order valence-corrected chi connectivity index (χ2v) is 21.9. The average molecular weight is 581 g/mol. The Hall–Kier alpha value is -2.51. The van der Waals surface area contributed by atoms with Gasteiger partial charge in [-0.25, -0.2) is 0 Å². The Balaban J connectivity index is 2.43. The Kier molecular flexibility index (Phi) is 11.7. The zero-order chi connectivity index (χ0) is 30.2. The quantitative estimate of drug-likeness (QED) is 0.139. The molecule has 0 aliphatic rings. The molecule has 2 unspecified atom stereocenters. The lowest BCUT2D eigenvalue weighted by molar-refractivity contribution is -0.148. The molecule has 0 fully saturated rings. The monoisotopic (exact) mass is 580 g/mol. The molecule has 0 aliphatic carbocycles. The maximum atomic E-state index is 12.1. The van der Waals surface area contributed by atoms with E-state index in [9.17, 15) is 9.59 Å². The van der Waals surface area contributed by atoms with Crippen molar-refractivity contribution in [2.24, 2.45) is 5.92 Å². The molecule has 5 nitrogen and oxygen atoms in total. The minimum atomic E-state index is -2.69. The summed E-state index contributed by atoms with van der Waals surface area (Å²) in [5.41, 5.74) is 0. The van der Waals surface area contributed by atoms with E-state index in [2.05, 4.69) is 115 Å². The van der Waals surface area contributed by atoms with Gasteiger partial charge in [-0.1, -0.05) is 114 Å². The number of hydrogen-bond donors (Lipinski definition) is 0. The summed E-state index contributed by atoms with van der Waals surface area (Å²) in [6.45, 7) is 19.7. The summed E-state index contributed by atoms with van der Waals surface area (Å²) < 4.78 is 18.6. The van der Waals surface area contributed by atoms with Crippen molar-refractivity contribution in [3.63, 3.8) is 0 Å². The number of carbonyl (C=O) groups excluding carboxylic acids is 2. The number of ether oxygens (including phenoxy) is 1. The van der Waals surface area contributed by atoms with Crippen molar-refractivity contribution in [1.29, 1.82) is 0 Å². The van der Waals surface area contributed by atoms with Crippen LogP contribution in [-0.4, -0.2) is 48.2 Å². The summed E-state index contributed by atoms with van der Waals surface area (Å²) in [5.74, 6) is 4.64. The second kappa shape index (κ2) is 13.9. The average Bonchev–Trinajstić information content (AvgIpc) is 2.87. The van der Waals surface area contributed by atoms with Crippen molar-refractivity contribution in [3.05, 3.63) is 60.7 Å². The molecule has 0 bridgehead atoms. The van der Waals surface area contributed by atoms with Crippen molar-refractivity contribution in [2.45, 2.75) is 90.6 Å². The van der Waals surface area contributed by atoms with Crippen LogP contribution in [0.1, 0.15) is 61.3 Å². The molecule has 0 radical (unpaired) electrons. The van der Waals surface area contributed by atoms with Crippen molar-refractivity contribution < 1.29 is 23.2 Å². The van der Waals surface area contributed by atoms with Gasteiger partial charge >= 0.3 is 5.97 Å². The summed E-state index contributed by atoms with van der Waals surface area (Å²) in [7, 11) is -3.57. The fraction of sp³-hybridized carbons (Fsp3) is 0.515. The number of hydrogen-bond acceptors (Lipinski definition) is 5. The maximum Gasteiger partial charge on any atom is 0.317 e. The molecule has 2 rings (SSSR count). The van der Waals surface area contributed by atoms with E-state index >= 15 is 0 Å². The molecule has 2 aromatic rings. The molecule has 0 heterocycles. The van der Waals surface area contributed by atoms with Crippen LogP contribution in [0, 0.1) is 17.8 Å². The summed E-state index contributed by atoms with van der Waals surface area (Å²) in [6, 6.07) is 21.1. The third kappa shape index (κ3) is 8.26. The molecule has 0 spiro atoms. The first kappa shape index (κ1) is 33.7. The fourth-order valence-electron chi connectivity index (χ4n) is 4.58. The molecule has 0 aliphatic heterocycles. The molecular formula is C33H48O5Si2. The van der Waals surface area contributed by atoms with Crippen LogP contribution < -0.4 is 10.4 Å². The van der Waals surface area contributed by atoms with Gasteiger partial charge in [-0.2, -0.15) is 0 Å². The van der Waals surface area contributed by atoms with Gasteiger partial charge < -0.3 is 13.6 Å². The van der Waals surface area contributed by atoms with E-state index in [4.69, 9.17) is 13.6 Å². The summed E-state index contributed by atoms with van der Waals surface area (Å²) in [6.07, 6.45) is 0.298. The highest BCUT2D eigenvalue weighted by atomic mass is 28.4. The zero-order valence-corrected chi connectivity index (χ0v) is 28.1. The van der Waals surface area contributed by atoms with Crippen LogP contribution in [0.5, 0.6) is 0 Å². The van der Waals surface area contributed by atoms with Gasteiger partial charge in [-0.05, 0) is 40.5 Å². The maximum absolute atomic E-state index is 12.1. The van der Waals surface area contributed by atoms with E-state index in [0.29, 0.717) is 13.0 Å². The third-order valence-corrected chi connectivity index (χ3v) is 17.4. The highest BCUT2D eigenvalue weighted by molar-refractivity contribution is 6.99. The van der Waals surface area contributed by atoms with Crippen LogP contribution in [-0.2, 0) is 23.2 Å². The number of rotatable bonds is 11. The molecule has 218 valence electrons. The molecule has 2 aromatic carbocycles. The van der Waals surface area contributed by atoms with Gasteiger partial charge in [0.2, 0.25) is 0 Å². The second-order valence-electron chi connectivity index (χ2n) is 12.9. The number of methoxy groups -OCH3 is 1. The Morgan fingerprint density at radius 3 is 1.75 bits per heavy atom. The summed E-state index contributed by atoms with van der Waals surface area (Å²) >= 11 is 0. The zero-order valence-electron chi connectivity index (χ0n) is 26.1. The van der Waals surface area contributed by atoms with E-state index in [0.717, 1.165) is 0 Å². The summed E-state index contributed by atoms with van der Waals surface area (Å²) in [4.78, 5) is 24.1. The van der Waals surface area contributed by atoms with Gasteiger partial charge in [0.1, 0.15) is 17.8 Å². The van der Waals surface area contributed by atoms with Crippen LogP contribution in [0.15, 0.2) is 60.7 Å². The minimum absolute atomic E-state index is 0.000279. The largest absolute Gasteiger partial charge is 0.468 e. The molecule has 0 aromatic heterocycles. The first-order valence-electron chi connectivity index (χ1n) is 14.1. The number of carbonyl (C=O) groups is 2. The van der Waals surface area contributed by atoms with Crippen LogP contribution in [0.4, 0.5) is 0 Å². The van der Waals surface area contributed by atoms with Gasteiger partial charge in [0.05, 0.1) is 7.11 Å². The molecule has 40 heavy (non-hydrogen) atoms. The third-order valence-electron chi connectivity index (χ3n) is 7.90. The first-order chi connectivity index (χ1) is 18.6. The van der Waals surface area contributed by atoms with Gasteiger partial charge in [-0.3, -0.25) is 9.59 Å².